The van der Waals surface area contributed by atoms with Gasteiger partial charge < -0.3 is 24.3 Å². The van der Waals surface area contributed by atoms with Crippen LogP contribution in [0.15, 0.2) is 30.3 Å². The maximum Gasteiger partial charge on any atom is 0.338 e. The van der Waals surface area contributed by atoms with Crippen molar-refractivity contribution in [3.05, 3.63) is 47.5 Å². The number of carbonyl (C=O) groups excluding carboxylic acids is 2. The molecule has 27 heavy (non-hydrogen) atoms. The number of methoxy groups -OCH3 is 1. The number of carbonyl (C=O) groups is 2. The molecule has 9 heteroatoms. The standard InChI is InChI=1S/C18H15F2NO6/c1-24-13-7-10(8-14-17(13)26-6-5-25-14)18(23)27-9-15(22)21-16-11(19)3-2-4-12(16)20/h2-4,7-8H,5-6,9H2,1H3,(H,21,22). The molecular weight excluding hydrogens is 364 g/mol. The summed E-state index contributed by atoms with van der Waals surface area (Å²) in [4.78, 5) is 24.0. The molecule has 0 saturated carbocycles. The fourth-order valence-electron chi connectivity index (χ4n) is 2.40. The Morgan fingerprint density at radius 2 is 1.85 bits per heavy atom. The van der Waals surface area contributed by atoms with E-state index in [2.05, 4.69) is 0 Å². The molecule has 0 radical (unpaired) electrons. The maximum atomic E-state index is 13.5. The van der Waals surface area contributed by atoms with Crippen LogP contribution in [0.4, 0.5) is 14.5 Å². The zero-order chi connectivity index (χ0) is 19.4. The molecule has 0 saturated heterocycles. The highest BCUT2D eigenvalue weighted by Gasteiger charge is 2.22. The lowest BCUT2D eigenvalue weighted by atomic mass is 10.1. The SMILES string of the molecule is COc1cc(C(=O)OCC(=O)Nc2c(F)cccc2F)cc2c1OCCO2. The van der Waals surface area contributed by atoms with E-state index in [1.807, 2.05) is 5.32 Å². The predicted octanol–water partition coefficient (Wildman–Crippen LogP) is 2.54. The average molecular weight is 379 g/mol. The fraction of sp³-hybridized carbons (Fsp3) is 0.222. The Morgan fingerprint density at radius 3 is 2.56 bits per heavy atom. The largest absolute Gasteiger partial charge is 0.493 e. The van der Waals surface area contributed by atoms with Crippen LogP contribution in [0.2, 0.25) is 0 Å². The molecule has 0 atom stereocenters. The van der Waals surface area contributed by atoms with Crippen LogP contribution in [0.1, 0.15) is 10.4 Å². The van der Waals surface area contributed by atoms with Crippen molar-refractivity contribution in [2.45, 2.75) is 0 Å². The number of nitrogens with one attached hydrogen (secondary N) is 1. The van der Waals surface area contributed by atoms with Crippen LogP contribution >= 0.6 is 0 Å². The summed E-state index contributed by atoms with van der Waals surface area (Å²) in [6.07, 6.45) is 0. The zero-order valence-corrected chi connectivity index (χ0v) is 14.2. The number of anilines is 1. The summed E-state index contributed by atoms with van der Waals surface area (Å²) in [5.74, 6) is -2.65. The molecule has 0 fully saturated rings. The summed E-state index contributed by atoms with van der Waals surface area (Å²) >= 11 is 0. The van der Waals surface area contributed by atoms with Gasteiger partial charge in [0, 0.05) is 0 Å². The minimum absolute atomic E-state index is 0.0703. The van der Waals surface area contributed by atoms with Crippen molar-refractivity contribution in [2.24, 2.45) is 0 Å². The number of para-hydroxylation sites is 1. The first-order valence-corrected chi connectivity index (χ1v) is 7.88. The fourth-order valence-corrected chi connectivity index (χ4v) is 2.40. The maximum absolute atomic E-state index is 13.5. The molecule has 1 heterocycles. The normalized spacial score (nSPS) is 12.3. The van der Waals surface area contributed by atoms with E-state index in [0.717, 1.165) is 18.2 Å². The lowest BCUT2D eigenvalue weighted by Crippen LogP contribution is -2.22. The van der Waals surface area contributed by atoms with Crippen LogP contribution in [-0.4, -0.2) is 38.8 Å². The topological polar surface area (TPSA) is 83.1 Å². The van der Waals surface area contributed by atoms with Crippen LogP contribution < -0.4 is 19.5 Å². The van der Waals surface area contributed by atoms with E-state index in [0.29, 0.717) is 24.7 Å². The molecular formula is C18H15F2NO6. The number of hydrogen-bond donors (Lipinski definition) is 1. The van der Waals surface area contributed by atoms with E-state index in [-0.39, 0.29) is 11.3 Å². The molecule has 1 aliphatic rings. The second kappa shape index (κ2) is 7.90. The van der Waals surface area contributed by atoms with E-state index >= 15 is 0 Å². The van der Waals surface area contributed by atoms with Gasteiger partial charge >= 0.3 is 5.97 Å². The third-order valence-electron chi connectivity index (χ3n) is 3.63. The van der Waals surface area contributed by atoms with Gasteiger partial charge in [-0.3, -0.25) is 4.79 Å². The quantitative estimate of drug-likeness (QED) is 0.804. The number of rotatable bonds is 5. The molecule has 1 aliphatic heterocycles. The summed E-state index contributed by atoms with van der Waals surface area (Å²) < 4.78 is 47.9. The van der Waals surface area contributed by atoms with Crippen molar-refractivity contribution in [1.82, 2.24) is 0 Å². The van der Waals surface area contributed by atoms with Crippen molar-refractivity contribution in [3.63, 3.8) is 0 Å². The van der Waals surface area contributed by atoms with Gasteiger partial charge in [0.1, 0.15) is 30.5 Å². The van der Waals surface area contributed by atoms with E-state index in [9.17, 15) is 18.4 Å². The number of esters is 1. The van der Waals surface area contributed by atoms with E-state index in [1.54, 1.807) is 0 Å². The van der Waals surface area contributed by atoms with Crippen molar-refractivity contribution in [1.29, 1.82) is 0 Å². The first kappa shape index (κ1) is 18.4. The molecule has 2 aromatic rings. The Morgan fingerprint density at radius 1 is 1.15 bits per heavy atom. The third kappa shape index (κ3) is 4.08. The Kier molecular flexibility index (Phi) is 5.39. The van der Waals surface area contributed by atoms with Gasteiger partial charge in [-0.2, -0.15) is 0 Å². The number of ether oxygens (including phenoxy) is 4. The van der Waals surface area contributed by atoms with Crippen LogP contribution in [0, 0.1) is 11.6 Å². The Bertz CT molecular complexity index is 849. The summed E-state index contributed by atoms with van der Waals surface area (Å²) in [6, 6.07) is 5.92. The predicted molar refractivity (Wildman–Crippen MR) is 89.3 cm³/mol. The number of fused-ring (bicyclic) bond motifs is 1. The van der Waals surface area contributed by atoms with Crippen molar-refractivity contribution in [3.8, 4) is 17.2 Å². The molecule has 0 unspecified atom stereocenters. The third-order valence-corrected chi connectivity index (χ3v) is 3.63. The van der Waals surface area contributed by atoms with Gasteiger partial charge in [0.05, 0.1) is 12.7 Å². The Balaban J connectivity index is 1.66. The van der Waals surface area contributed by atoms with Gasteiger partial charge in [0.2, 0.25) is 5.75 Å². The second-order valence-corrected chi connectivity index (χ2v) is 5.42. The summed E-state index contributed by atoms with van der Waals surface area (Å²) in [7, 11) is 1.40. The number of amides is 1. The summed E-state index contributed by atoms with van der Waals surface area (Å²) in [6.45, 7) is -0.0748. The van der Waals surface area contributed by atoms with Crippen molar-refractivity contribution in [2.75, 3.05) is 32.2 Å². The van der Waals surface area contributed by atoms with Crippen LogP contribution in [0.5, 0.6) is 17.2 Å². The Labute approximate surface area is 152 Å². The number of hydrogen-bond acceptors (Lipinski definition) is 6. The molecule has 1 amide bonds. The molecule has 0 aromatic heterocycles. The lowest BCUT2D eigenvalue weighted by Gasteiger charge is -2.21. The van der Waals surface area contributed by atoms with Gasteiger partial charge in [0.25, 0.3) is 5.91 Å². The molecule has 3 rings (SSSR count). The second-order valence-electron chi connectivity index (χ2n) is 5.42. The molecule has 1 N–H and O–H groups in total. The summed E-state index contributed by atoms with van der Waals surface area (Å²) in [5.41, 5.74) is -0.541. The van der Waals surface area contributed by atoms with Gasteiger partial charge in [-0.15, -0.1) is 0 Å². The Hall–Kier alpha value is -3.36. The van der Waals surface area contributed by atoms with Crippen LogP contribution in [0.3, 0.4) is 0 Å². The monoisotopic (exact) mass is 379 g/mol. The highest BCUT2D eigenvalue weighted by atomic mass is 19.1. The van der Waals surface area contributed by atoms with Crippen molar-refractivity contribution >= 4 is 17.6 Å². The van der Waals surface area contributed by atoms with Gasteiger partial charge in [0.15, 0.2) is 18.1 Å². The summed E-state index contributed by atoms with van der Waals surface area (Å²) in [5, 5.41) is 2.02. The van der Waals surface area contributed by atoms with Gasteiger partial charge in [-0.25, -0.2) is 13.6 Å². The minimum atomic E-state index is -0.939. The van der Waals surface area contributed by atoms with Gasteiger partial charge in [-0.05, 0) is 24.3 Å². The number of benzene rings is 2. The minimum Gasteiger partial charge on any atom is -0.493 e. The van der Waals surface area contributed by atoms with E-state index < -0.39 is 35.8 Å². The van der Waals surface area contributed by atoms with Crippen LogP contribution in [-0.2, 0) is 9.53 Å². The van der Waals surface area contributed by atoms with Gasteiger partial charge in [-0.1, -0.05) is 6.07 Å². The average Bonchev–Trinajstić information content (AvgIpc) is 2.68. The highest BCUT2D eigenvalue weighted by Crippen LogP contribution is 2.40. The van der Waals surface area contributed by atoms with Crippen LogP contribution in [0.25, 0.3) is 0 Å². The smallest absolute Gasteiger partial charge is 0.338 e. The van der Waals surface area contributed by atoms with E-state index in [1.165, 1.54) is 19.2 Å². The van der Waals surface area contributed by atoms with Crippen molar-refractivity contribution < 1.29 is 37.3 Å². The lowest BCUT2D eigenvalue weighted by molar-refractivity contribution is -0.119. The first-order valence-electron chi connectivity index (χ1n) is 7.88. The molecule has 0 spiro atoms. The molecule has 2 aromatic carbocycles. The molecule has 0 aliphatic carbocycles. The molecule has 142 valence electrons. The zero-order valence-electron chi connectivity index (χ0n) is 14.2. The molecule has 0 bridgehead atoms. The molecule has 7 nitrogen and oxygen atoms in total. The first-order chi connectivity index (χ1) is 13.0. The van der Waals surface area contributed by atoms with E-state index in [4.69, 9.17) is 18.9 Å². The number of halogens is 2. The highest BCUT2D eigenvalue weighted by molar-refractivity contribution is 5.96.